The molecule has 0 unspecified atom stereocenters. The molecule has 0 spiro atoms. The van der Waals surface area contributed by atoms with Gasteiger partial charge in [0.2, 0.25) is 0 Å². The van der Waals surface area contributed by atoms with E-state index in [4.69, 9.17) is 4.74 Å². The van der Waals surface area contributed by atoms with Crippen molar-refractivity contribution in [2.75, 3.05) is 6.61 Å². The van der Waals surface area contributed by atoms with Crippen LogP contribution in [0.3, 0.4) is 0 Å². The highest BCUT2D eigenvalue weighted by Gasteiger charge is 2.25. The monoisotopic (exact) mass is 356 g/mol. The van der Waals surface area contributed by atoms with E-state index in [1.54, 1.807) is 12.4 Å². The third kappa shape index (κ3) is 3.22. The fourth-order valence-electron chi connectivity index (χ4n) is 3.42. The number of phenolic OH excluding ortho intramolecular Hbond substituents is 1. The summed E-state index contributed by atoms with van der Waals surface area (Å²) < 4.78 is 5.86. The Morgan fingerprint density at radius 3 is 2.48 bits per heavy atom. The zero-order valence-corrected chi connectivity index (χ0v) is 15.0. The predicted octanol–water partition coefficient (Wildman–Crippen LogP) is 4.91. The minimum Gasteiger partial charge on any atom is -0.505 e. The lowest BCUT2D eigenvalue weighted by Crippen LogP contribution is -2.08. The molecular weight excluding hydrogens is 336 g/mol. The first-order valence-electron chi connectivity index (χ1n) is 8.99. The molecule has 27 heavy (non-hydrogen) atoms. The molecule has 4 heteroatoms. The second-order valence-electron chi connectivity index (χ2n) is 6.24. The molecule has 0 fully saturated rings. The number of hydrogen-bond donors (Lipinski definition) is 1. The first kappa shape index (κ1) is 17.0. The molecule has 134 valence electrons. The van der Waals surface area contributed by atoms with Crippen molar-refractivity contribution >= 4 is 10.9 Å². The maximum Gasteiger partial charge on any atom is 0.146 e. The Kier molecular flexibility index (Phi) is 4.71. The van der Waals surface area contributed by atoms with Crippen LogP contribution in [-0.4, -0.2) is 21.7 Å². The summed E-state index contributed by atoms with van der Waals surface area (Å²) in [7, 11) is 0. The quantitative estimate of drug-likeness (QED) is 0.552. The van der Waals surface area contributed by atoms with Gasteiger partial charge in [-0.2, -0.15) is 0 Å². The number of benzene rings is 2. The molecule has 0 saturated heterocycles. The zero-order chi connectivity index (χ0) is 18.6. The van der Waals surface area contributed by atoms with Crippen LogP contribution in [0.15, 0.2) is 79.1 Å². The van der Waals surface area contributed by atoms with Crippen LogP contribution in [0.5, 0.6) is 11.5 Å². The smallest absolute Gasteiger partial charge is 0.146 e. The number of pyridine rings is 2. The van der Waals surface area contributed by atoms with Crippen LogP contribution in [0.4, 0.5) is 0 Å². The maximum atomic E-state index is 11.0. The van der Waals surface area contributed by atoms with Crippen LogP contribution in [0, 0.1) is 0 Å². The number of para-hydroxylation sites is 1. The molecule has 0 aliphatic carbocycles. The molecule has 4 nitrogen and oxygen atoms in total. The molecule has 2 heterocycles. The summed E-state index contributed by atoms with van der Waals surface area (Å²) in [6.45, 7) is 2.53. The minimum atomic E-state index is -0.264. The number of fused-ring (bicyclic) bond motifs is 1. The topological polar surface area (TPSA) is 55.2 Å². The van der Waals surface area contributed by atoms with Crippen LogP contribution < -0.4 is 4.74 Å². The zero-order valence-electron chi connectivity index (χ0n) is 15.0. The first-order valence-corrected chi connectivity index (χ1v) is 8.99. The normalized spacial score (nSPS) is 12.0. The molecule has 0 amide bonds. The van der Waals surface area contributed by atoms with Crippen LogP contribution >= 0.6 is 0 Å². The summed E-state index contributed by atoms with van der Waals surface area (Å²) in [5, 5.41) is 11.9. The van der Waals surface area contributed by atoms with Crippen molar-refractivity contribution in [2.24, 2.45) is 0 Å². The number of ether oxygens (including phenoxy) is 1. The average molecular weight is 356 g/mol. The third-order valence-corrected chi connectivity index (χ3v) is 4.60. The number of nitrogens with zero attached hydrogens (tertiary/aromatic N) is 2. The lowest BCUT2D eigenvalue weighted by Gasteiger charge is -2.22. The molecule has 2 aromatic carbocycles. The molecule has 4 aromatic rings. The van der Waals surface area contributed by atoms with Crippen LogP contribution in [0.2, 0.25) is 0 Å². The van der Waals surface area contributed by atoms with E-state index in [9.17, 15) is 5.11 Å². The highest BCUT2D eigenvalue weighted by molar-refractivity contribution is 5.86. The van der Waals surface area contributed by atoms with E-state index in [2.05, 4.69) is 9.97 Å². The fraction of sp³-hybridized carbons (Fsp3) is 0.130. The average Bonchev–Trinajstić information content (AvgIpc) is 2.72. The van der Waals surface area contributed by atoms with Crippen molar-refractivity contribution in [3.05, 3.63) is 95.9 Å². The van der Waals surface area contributed by atoms with Gasteiger partial charge in [0, 0.05) is 28.9 Å². The number of hydrogen-bond acceptors (Lipinski definition) is 4. The van der Waals surface area contributed by atoms with Gasteiger partial charge >= 0.3 is 0 Å². The molecule has 0 saturated carbocycles. The van der Waals surface area contributed by atoms with Crippen LogP contribution in [0.25, 0.3) is 10.9 Å². The highest BCUT2D eigenvalue weighted by atomic mass is 16.5. The molecule has 0 bridgehead atoms. The van der Waals surface area contributed by atoms with Crippen molar-refractivity contribution in [3.63, 3.8) is 0 Å². The third-order valence-electron chi connectivity index (χ3n) is 4.60. The van der Waals surface area contributed by atoms with Crippen molar-refractivity contribution in [2.45, 2.75) is 12.8 Å². The summed E-state index contributed by atoms with van der Waals surface area (Å²) >= 11 is 0. The number of aromatic hydroxyl groups is 1. The van der Waals surface area contributed by atoms with Crippen molar-refractivity contribution in [1.29, 1.82) is 0 Å². The Bertz CT molecular complexity index is 1060. The summed E-state index contributed by atoms with van der Waals surface area (Å²) in [4.78, 5) is 8.94. The number of aromatic nitrogens is 2. The number of phenols is 1. The second kappa shape index (κ2) is 7.46. The van der Waals surface area contributed by atoms with Gasteiger partial charge in [-0.25, -0.2) is 0 Å². The Morgan fingerprint density at radius 1 is 0.852 bits per heavy atom. The lowest BCUT2D eigenvalue weighted by atomic mass is 9.86. The van der Waals surface area contributed by atoms with E-state index < -0.39 is 0 Å². The van der Waals surface area contributed by atoms with Gasteiger partial charge in [-0.1, -0.05) is 42.5 Å². The second-order valence-corrected chi connectivity index (χ2v) is 6.24. The largest absolute Gasteiger partial charge is 0.505 e. The Hall–Kier alpha value is -3.40. The van der Waals surface area contributed by atoms with Gasteiger partial charge in [-0.3, -0.25) is 9.97 Å². The molecule has 4 rings (SSSR count). The Balaban J connectivity index is 1.97. The van der Waals surface area contributed by atoms with Crippen molar-refractivity contribution in [1.82, 2.24) is 9.97 Å². The van der Waals surface area contributed by atoms with Gasteiger partial charge < -0.3 is 9.84 Å². The van der Waals surface area contributed by atoms with E-state index in [1.807, 2.05) is 73.7 Å². The maximum absolute atomic E-state index is 11.0. The summed E-state index contributed by atoms with van der Waals surface area (Å²) in [6.07, 6.45) is 3.46. The first-order chi connectivity index (χ1) is 13.3. The van der Waals surface area contributed by atoms with E-state index in [1.165, 1.54) is 0 Å². The number of rotatable bonds is 5. The van der Waals surface area contributed by atoms with Gasteiger partial charge in [-0.15, -0.1) is 0 Å². The molecular formula is C23H20N2O2. The van der Waals surface area contributed by atoms with Gasteiger partial charge in [0.05, 0.1) is 18.2 Å². The van der Waals surface area contributed by atoms with E-state index >= 15 is 0 Å². The molecule has 0 aliphatic heterocycles. The van der Waals surface area contributed by atoms with E-state index in [0.29, 0.717) is 12.1 Å². The Labute approximate surface area is 158 Å². The summed E-state index contributed by atoms with van der Waals surface area (Å²) in [5.74, 6) is 0.701. The van der Waals surface area contributed by atoms with Gasteiger partial charge in [0.1, 0.15) is 17.0 Å². The standard InChI is InChI=1S/C23H20N2O2/c1-2-27-20-11-4-3-9-17(20)21(19-10-5-6-14-24-19)18-13-12-16-8-7-15-25-22(16)23(18)26/h3-15,21,26H,2H2,1H3/t21-/m1/s1. The van der Waals surface area contributed by atoms with Gasteiger partial charge in [0.15, 0.2) is 0 Å². The van der Waals surface area contributed by atoms with Gasteiger partial charge in [-0.05, 0) is 31.2 Å². The van der Waals surface area contributed by atoms with Crippen LogP contribution in [0.1, 0.15) is 29.7 Å². The van der Waals surface area contributed by atoms with Crippen molar-refractivity contribution in [3.8, 4) is 11.5 Å². The summed E-state index contributed by atoms with van der Waals surface area (Å²) in [6, 6.07) is 21.4. The minimum absolute atomic E-state index is 0.176. The predicted molar refractivity (Wildman–Crippen MR) is 106 cm³/mol. The lowest BCUT2D eigenvalue weighted by molar-refractivity contribution is 0.336. The molecule has 0 radical (unpaired) electrons. The molecule has 1 N–H and O–H groups in total. The SMILES string of the molecule is CCOc1ccccc1[C@@H](c1ccccn1)c1ccc2cccnc2c1O. The molecule has 2 aromatic heterocycles. The van der Waals surface area contributed by atoms with Crippen molar-refractivity contribution < 1.29 is 9.84 Å². The highest BCUT2D eigenvalue weighted by Crippen LogP contribution is 2.41. The summed E-state index contributed by atoms with van der Waals surface area (Å²) in [5.41, 5.74) is 3.15. The van der Waals surface area contributed by atoms with E-state index in [0.717, 1.165) is 28.0 Å². The molecule has 1 atom stereocenters. The van der Waals surface area contributed by atoms with Gasteiger partial charge in [0.25, 0.3) is 0 Å². The fourth-order valence-corrected chi connectivity index (χ4v) is 3.42. The molecule has 0 aliphatic rings. The Morgan fingerprint density at radius 2 is 1.67 bits per heavy atom. The van der Waals surface area contributed by atoms with E-state index in [-0.39, 0.29) is 11.7 Å². The van der Waals surface area contributed by atoms with Crippen LogP contribution in [-0.2, 0) is 0 Å².